The van der Waals surface area contributed by atoms with E-state index < -0.39 is 21.4 Å². The molecule has 0 aromatic heterocycles. The van der Waals surface area contributed by atoms with Crippen LogP contribution >= 0.6 is 0 Å². The molecule has 0 amide bonds. The van der Waals surface area contributed by atoms with Crippen molar-refractivity contribution in [2.45, 2.75) is 130 Å². The van der Waals surface area contributed by atoms with Crippen LogP contribution in [0.4, 0.5) is 0 Å². The van der Waals surface area contributed by atoms with Crippen molar-refractivity contribution in [3.63, 3.8) is 0 Å². The van der Waals surface area contributed by atoms with Gasteiger partial charge in [-0.05, 0) is 140 Å². The van der Waals surface area contributed by atoms with Crippen LogP contribution in [0.3, 0.4) is 0 Å². The minimum absolute atomic E-state index is 0.00270. The van der Waals surface area contributed by atoms with Crippen molar-refractivity contribution in [1.82, 2.24) is 10.2 Å². The molecule has 4 saturated carbocycles. The Balaban J connectivity index is 1.13. The molecule has 5 fully saturated rings. The molecule has 7 nitrogen and oxygen atoms in total. The van der Waals surface area contributed by atoms with E-state index in [1.165, 1.54) is 68.1 Å². The first kappa shape index (κ1) is 36.9. The standard InChI is InChI=1S/C42H66N2O5S/c1-28(2)30-12-17-41(43-22-23-44-24-26-50(48,49)27-25-44)21-20-39(6)32(35(30)41)8-9-34-38(5)15-13-31(29-10-18-42(47,19-11-29)36(45)46)37(3,4)33(38)14-16-40(34,39)7/h10,13,30,32-35,43,47H,1,8-9,11-12,14-27H2,2-7H3,(H,45,46)/t30-,32+,33-,34+,35+,38-,39+,40+,41-,42?/m0/s1. The fraction of sp³-hybridized carbons (Fsp3) is 0.833. The van der Waals surface area contributed by atoms with Crippen molar-refractivity contribution in [3.05, 3.63) is 35.5 Å². The molecule has 0 aromatic rings. The molecule has 0 bridgehead atoms. The van der Waals surface area contributed by atoms with Gasteiger partial charge in [-0.25, -0.2) is 13.2 Å². The Bertz CT molecular complexity index is 1570. The van der Waals surface area contributed by atoms with Crippen LogP contribution in [0.1, 0.15) is 119 Å². The molecule has 1 heterocycles. The number of carbonyl (C=O) groups is 1. The van der Waals surface area contributed by atoms with Gasteiger partial charge in [0.1, 0.15) is 0 Å². The monoisotopic (exact) mass is 710 g/mol. The summed E-state index contributed by atoms with van der Waals surface area (Å²) >= 11 is 0. The number of aliphatic hydroxyl groups is 1. The van der Waals surface area contributed by atoms with E-state index in [1.54, 1.807) is 0 Å². The Hall–Kier alpha value is -1.48. The molecule has 0 radical (unpaired) electrons. The van der Waals surface area contributed by atoms with Crippen LogP contribution in [0.15, 0.2) is 35.5 Å². The van der Waals surface area contributed by atoms with Gasteiger partial charge in [0.05, 0.1) is 11.5 Å². The summed E-state index contributed by atoms with van der Waals surface area (Å²) in [7, 11) is -2.87. The Morgan fingerprint density at radius 2 is 1.64 bits per heavy atom. The highest BCUT2D eigenvalue weighted by Gasteiger charge is 2.70. The van der Waals surface area contributed by atoms with Crippen LogP contribution in [0, 0.1) is 51.2 Å². The van der Waals surface area contributed by atoms with Crippen molar-refractivity contribution >= 4 is 15.8 Å². The van der Waals surface area contributed by atoms with E-state index in [-0.39, 0.29) is 40.0 Å². The highest BCUT2D eigenvalue weighted by Crippen LogP contribution is 2.76. The van der Waals surface area contributed by atoms with E-state index in [9.17, 15) is 23.4 Å². The average molecular weight is 711 g/mol. The van der Waals surface area contributed by atoms with E-state index in [4.69, 9.17) is 0 Å². The lowest BCUT2D eigenvalue weighted by molar-refractivity contribution is -0.221. The van der Waals surface area contributed by atoms with Crippen molar-refractivity contribution < 1.29 is 23.4 Å². The second-order valence-corrected chi connectivity index (χ2v) is 21.9. The molecule has 7 aliphatic rings. The summed E-state index contributed by atoms with van der Waals surface area (Å²) in [6.45, 7) is 23.0. The van der Waals surface area contributed by atoms with Gasteiger partial charge < -0.3 is 20.4 Å². The fourth-order valence-electron chi connectivity index (χ4n) is 14.3. The van der Waals surface area contributed by atoms with Crippen LogP contribution in [0.5, 0.6) is 0 Å². The molecule has 3 N–H and O–H groups in total. The number of carboxylic acids is 1. The van der Waals surface area contributed by atoms with Crippen molar-refractivity contribution in [2.24, 2.45) is 51.2 Å². The SMILES string of the molecule is C=C(C)[C@@H]1CC[C@]2(NCCN3CCS(=O)(=O)CC3)CC[C@]3(C)[C@H](CC[C@@H]4[C@@]5(C)CC=C(C6=CCC(O)(C(=O)O)CC6)C(C)(C)[C@@H]5CC[C@]43C)[C@@H]12. The zero-order valence-corrected chi connectivity index (χ0v) is 32.8. The van der Waals surface area contributed by atoms with Crippen molar-refractivity contribution in [3.8, 4) is 0 Å². The Kier molecular flexibility index (Phi) is 9.05. The van der Waals surface area contributed by atoms with E-state index in [0.29, 0.717) is 60.6 Å². The summed E-state index contributed by atoms with van der Waals surface area (Å²) in [5, 5.41) is 24.5. The first-order valence-corrected chi connectivity index (χ1v) is 21.8. The van der Waals surface area contributed by atoms with Gasteiger partial charge in [0.25, 0.3) is 0 Å². The third-order valence-electron chi connectivity index (χ3n) is 17.2. The summed E-state index contributed by atoms with van der Waals surface area (Å²) in [6.07, 6.45) is 16.8. The molecule has 50 heavy (non-hydrogen) atoms. The third kappa shape index (κ3) is 5.49. The van der Waals surface area contributed by atoms with Crippen LogP contribution in [-0.2, 0) is 14.6 Å². The lowest BCUT2D eigenvalue weighted by Gasteiger charge is -2.72. The second kappa shape index (κ2) is 12.3. The number of aliphatic carboxylic acids is 1. The summed E-state index contributed by atoms with van der Waals surface area (Å²) in [6, 6.07) is 0. The summed E-state index contributed by atoms with van der Waals surface area (Å²) in [4.78, 5) is 14.1. The van der Waals surface area contributed by atoms with Crippen LogP contribution < -0.4 is 5.32 Å². The normalized spacial score (nSPS) is 46.7. The first-order valence-electron chi connectivity index (χ1n) is 20.0. The molecule has 280 valence electrons. The van der Waals surface area contributed by atoms with Gasteiger partial charge in [0, 0.05) is 38.1 Å². The number of allylic oxidation sites excluding steroid dienone is 4. The van der Waals surface area contributed by atoms with Gasteiger partial charge in [0.2, 0.25) is 0 Å². The number of hydrogen-bond acceptors (Lipinski definition) is 6. The molecule has 10 atom stereocenters. The Morgan fingerprint density at radius 3 is 2.28 bits per heavy atom. The molecular formula is C42H66N2O5S. The van der Waals surface area contributed by atoms with E-state index in [1.807, 2.05) is 6.08 Å². The summed E-state index contributed by atoms with van der Waals surface area (Å²) < 4.78 is 24.0. The quantitative estimate of drug-likeness (QED) is 0.241. The zero-order valence-electron chi connectivity index (χ0n) is 32.0. The smallest absolute Gasteiger partial charge is 0.336 e. The van der Waals surface area contributed by atoms with Crippen LogP contribution in [0.2, 0.25) is 0 Å². The molecule has 1 aliphatic heterocycles. The van der Waals surface area contributed by atoms with Gasteiger partial charge >= 0.3 is 5.97 Å². The van der Waals surface area contributed by atoms with Crippen molar-refractivity contribution in [1.29, 1.82) is 0 Å². The maximum absolute atomic E-state index is 12.0. The Morgan fingerprint density at radius 1 is 0.920 bits per heavy atom. The summed E-state index contributed by atoms with van der Waals surface area (Å²) in [5.74, 6) is 2.53. The predicted molar refractivity (Wildman–Crippen MR) is 200 cm³/mol. The van der Waals surface area contributed by atoms with Crippen LogP contribution in [0.25, 0.3) is 0 Å². The van der Waals surface area contributed by atoms with Crippen LogP contribution in [-0.4, -0.2) is 78.3 Å². The van der Waals surface area contributed by atoms with Gasteiger partial charge in [-0.15, -0.1) is 0 Å². The molecule has 0 spiro atoms. The van der Waals surface area contributed by atoms with E-state index in [0.717, 1.165) is 19.5 Å². The molecule has 7 rings (SSSR count). The molecule has 0 aromatic carbocycles. The number of hydrogen-bond donors (Lipinski definition) is 3. The first-order chi connectivity index (χ1) is 23.3. The largest absolute Gasteiger partial charge is 0.479 e. The third-order valence-corrected chi connectivity index (χ3v) is 18.8. The van der Waals surface area contributed by atoms with E-state index in [2.05, 4.69) is 64.4 Å². The molecule has 8 heteroatoms. The topological polar surface area (TPSA) is 107 Å². The van der Waals surface area contributed by atoms with Gasteiger partial charge in [-0.2, -0.15) is 0 Å². The zero-order chi connectivity index (χ0) is 36.1. The van der Waals surface area contributed by atoms with E-state index >= 15 is 0 Å². The molecule has 1 saturated heterocycles. The number of carboxylic acid groups (broad SMARTS) is 1. The Labute approximate surface area is 302 Å². The highest BCUT2D eigenvalue weighted by atomic mass is 32.2. The van der Waals surface area contributed by atoms with Crippen molar-refractivity contribution in [2.75, 3.05) is 37.7 Å². The molecule has 6 aliphatic carbocycles. The molecular weight excluding hydrogens is 645 g/mol. The highest BCUT2D eigenvalue weighted by molar-refractivity contribution is 7.91. The second-order valence-electron chi connectivity index (χ2n) is 19.6. The average Bonchev–Trinajstić information content (AvgIpc) is 3.43. The molecule has 1 unspecified atom stereocenters. The number of nitrogens with zero attached hydrogens (tertiary/aromatic N) is 1. The maximum Gasteiger partial charge on any atom is 0.336 e. The summed E-state index contributed by atoms with van der Waals surface area (Å²) in [5.41, 5.74) is 3.28. The minimum Gasteiger partial charge on any atom is -0.479 e. The number of nitrogens with one attached hydrogen (secondary N) is 1. The minimum atomic E-state index is -2.87. The lowest BCUT2D eigenvalue weighted by atomic mass is 9.33. The van der Waals surface area contributed by atoms with Gasteiger partial charge in [-0.3, -0.25) is 0 Å². The number of sulfone groups is 1. The fourth-order valence-corrected chi connectivity index (χ4v) is 15.6. The maximum atomic E-state index is 12.0. The number of fused-ring (bicyclic) bond motifs is 7. The number of rotatable bonds is 7. The predicted octanol–water partition coefficient (Wildman–Crippen LogP) is 7.18. The lowest BCUT2D eigenvalue weighted by Crippen LogP contribution is -2.68. The van der Waals surface area contributed by atoms with Gasteiger partial charge in [-0.1, -0.05) is 58.9 Å². The van der Waals surface area contributed by atoms with Gasteiger partial charge in [0.15, 0.2) is 15.4 Å².